The average molecular weight is 312 g/mol. The van der Waals surface area contributed by atoms with Gasteiger partial charge in [-0.1, -0.05) is 18.2 Å². The van der Waals surface area contributed by atoms with Crippen LogP contribution < -0.4 is 0 Å². The van der Waals surface area contributed by atoms with Gasteiger partial charge in [0.05, 0.1) is 13.2 Å². The molecular weight excluding hydrogens is 286 g/mol. The third-order valence-corrected chi connectivity index (χ3v) is 4.46. The third-order valence-electron chi connectivity index (χ3n) is 4.46. The van der Waals surface area contributed by atoms with Crippen LogP contribution in [0.3, 0.4) is 0 Å². The molecule has 0 aromatic carbocycles. The molecule has 22 heavy (non-hydrogen) atoms. The molecule has 0 bridgehead atoms. The van der Waals surface area contributed by atoms with E-state index in [2.05, 4.69) is 18.7 Å². The zero-order chi connectivity index (χ0) is 15.8. The zero-order valence-corrected chi connectivity index (χ0v) is 13.1. The number of halogens is 2. The van der Waals surface area contributed by atoms with Gasteiger partial charge in [0.1, 0.15) is 0 Å². The van der Waals surface area contributed by atoms with Gasteiger partial charge in [0.15, 0.2) is 6.29 Å². The van der Waals surface area contributed by atoms with E-state index in [0.717, 1.165) is 44.6 Å². The highest BCUT2D eigenvalue weighted by molar-refractivity contribution is 4.93. The van der Waals surface area contributed by atoms with Crippen molar-refractivity contribution < 1.29 is 18.3 Å². The smallest absolute Gasteiger partial charge is 0.266 e. The quantitative estimate of drug-likeness (QED) is 0.503. The summed E-state index contributed by atoms with van der Waals surface area (Å²) in [5.74, 6) is 0.685. The van der Waals surface area contributed by atoms with Gasteiger partial charge in [-0.15, -0.1) is 6.58 Å². The minimum absolute atomic E-state index is 0.0189. The molecule has 124 valence electrons. The Morgan fingerprint density at radius 1 is 1.00 bits per heavy atom. The van der Waals surface area contributed by atoms with Crippen molar-refractivity contribution in [3.05, 3.63) is 37.0 Å². The van der Waals surface area contributed by atoms with Crippen LogP contribution in [0.5, 0.6) is 0 Å². The van der Waals surface area contributed by atoms with E-state index in [4.69, 9.17) is 9.47 Å². The lowest BCUT2D eigenvalue weighted by Crippen LogP contribution is -2.37. The molecule has 2 fully saturated rings. The van der Waals surface area contributed by atoms with Crippen molar-refractivity contribution in [1.29, 1.82) is 0 Å². The summed E-state index contributed by atoms with van der Waals surface area (Å²) in [6.07, 6.45) is 11.0. The molecule has 0 radical (unpaired) electrons. The first-order valence-electron chi connectivity index (χ1n) is 8.22. The Labute approximate surface area is 131 Å². The maximum atomic E-state index is 12.3. The lowest BCUT2D eigenvalue weighted by atomic mass is 9.81. The van der Waals surface area contributed by atoms with Crippen molar-refractivity contribution in [1.82, 2.24) is 0 Å². The number of ether oxygens (including phenoxy) is 2. The van der Waals surface area contributed by atoms with E-state index in [9.17, 15) is 8.78 Å². The molecular formula is C18H26F2O2. The van der Waals surface area contributed by atoms with Crippen LogP contribution in [-0.2, 0) is 9.47 Å². The van der Waals surface area contributed by atoms with Crippen molar-refractivity contribution in [3.63, 3.8) is 0 Å². The van der Waals surface area contributed by atoms with Crippen LogP contribution in [0.2, 0.25) is 0 Å². The van der Waals surface area contributed by atoms with Crippen molar-refractivity contribution in [2.75, 3.05) is 13.2 Å². The Bertz CT molecular complexity index is 386. The summed E-state index contributed by atoms with van der Waals surface area (Å²) in [5, 5.41) is 0. The molecule has 1 aliphatic heterocycles. The normalized spacial score (nSPS) is 32.8. The Balaban J connectivity index is 1.68. The Kier molecular flexibility index (Phi) is 7.26. The fourth-order valence-electron chi connectivity index (χ4n) is 3.18. The molecule has 1 heterocycles. The molecule has 2 rings (SSSR count). The van der Waals surface area contributed by atoms with Gasteiger partial charge in [0, 0.05) is 11.8 Å². The summed E-state index contributed by atoms with van der Waals surface area (Å²) in [4.78, 5) is 0. The van der Waals surface area contributed by atoms with Crippen molar-refractivity contribution in [3.8, 4) is 0 Å². The van der Waals surface area contributed by atoms with Gasteiger partial charge in [-0.2, -0.15) is 8.78 Å². The summed E-state index contributed by atoms with van der Waals surface area (Å²) in [5.41, 5.74) is 0. The van der Waals surface area contributed by atoms with Crippen molar-refractivity contribution in [2.24, 2.45) is 17.8 Å². The van der Waals surface area contributed by atoms with E-state index >= 15 is 0 Å². The highest BCUT2D eigenvalue weighted by Gasteiger charge is 2.31. The van der Waals surface area contributed by atoms with Crippen LogP contribution >= 0.6 is 0 Å². The molecule has 1 saturated heterocycles. The van der Waals surface area contributed by atoms with Crippen LogP contribution in [0.25, 0.3) is 0 Å². The second-order valence-electron chi connectivity index (χ2n) is 6.22. The molecule has 2 nitrogen and oxygen atoms in total. The SMILES string of the molecule is C=CCCC=CC1COC(C2CCC(C=C(F)F)CC2)OC1. The maximum absolute atomic E-state index is 12.3. The predicted molar refractivity (Wildman–Crippen MR) is 83.5 cm³/mol. The van der Waals surface area contributed by atoms with Crippen LogP contribution in [0.4, 0.5) is 8.78 Å². The Hall–Kier alpha value is -1.00. The van der Waals surface area contributed by atoms with Gasteiger partial charge in [-0.25, -0.2) is 0 Å². The molecule has 0 atom stereocenters. The molecule has 2 aliphatic rings. The van der Waals surface area contributed by atoms with Gasteiger partial charge in [-0.3, -0.25) is 0 Å². The summed E-state index contributed by atoms with van der Waals surface area (Å²) < 4.78 is 36.2. The number of rotatable bonds is 6. The molecule has 0 spiro atoms. The lowest BCUT2D eigenvalue weighted by Gasteiger charge is -2.36. The molecule has 1 aliphatic carbocycles. The van der Waals surface area contributed by atoms with Crippen LogP contribution in [0.15, 0.2) is 37.0 Å². The lowest BCUT2D eigenvalue weighted by molar-refractivity contribution is -0.222. The molecule has 0 N–H and O–H groups in total. The highest BCUT2D eigenvalue weighted by atomic mass is 19.3. The fraction of sp³-hybridized carbons (Fsp3) is 0.667. The van der Waals surface area contributed by atoms with Gasteiger partial charge in [-0.05, 0) is 50.5 Å². The molecule has 0 aromatic rings. The molecule has 1 saturated carbocycles. The van der Waals surface area contributed by atoms with Crippen molar-refractivity contribution in [2.45, 2.75) is 44.8 Å². The van der Waals surface area contributed by atoms with Gasteiger partial charge in [0.2, 0.25) is 0 Å². The highest BCUT2D eigenvalue weighted by Crippen LogP contribution is 2.35. The Morgan fingerprint density at radius 2 is 1.68 bits per heavy atom. The second kappa shape index (κ2) is 9.21. The standard InChI is InChI=1S/C18H26F2O2/c1-2-3-4-5-6-15-12-21-18(22-13-15)16-9-7-14(8-10-16)11-17(19)20/h2,5-6,11,14-16,18H,1,3-4,7-10,12-13H2. The largest absolute Gasteiger partial charge is 0.352 e. The second-order valence-corrected chi connectivity index (χ2v) is 6.22. The van der Waals surface area contributed by atoms with E-state index < -0.39 is 6.08 Å². The monoisotopic (exact) mass is 312 g/mol. The first-order valence-corrected chi connectivity index (χ1v) is 8.22. The van der Waals surface area contributed by atoms with E-state index in [1.807, 2.05) is 6.08 Å². The Morgan fingerprint density at radius 3 is 2.27 bits per heavy atom. The molecule has 0 amide bonds. The summed E-state index contributed by atoms with van der Waals surface area (Å²) in [6.45, 7) is 5.08. The van der Waals surface area contributed by atoms with E-state index in [0.29, 0.717) is 25.0 Å². The van der Waals surface area contributed by atoms with E-state index in [1.54, 1.807) is 0 Å². The summed E-state index contributed by atoms with van der Waals surface area (Å²) >= 11 is 0. The summed E-state index contributed by atoms with van der Waals surface area (Å²) in [7, 11) is 0. The summed E-state index contributed by atoms with van der Waals surface area (Å²) in [6, 6.07) is 0. The number of hydrogen-bond acceptors (Lipinski definition) is 2. The van der Waals surface area contributed by atoms with E-state index in [1.165, 1.54) is 0 Å². The van der Waals surface area contributed by atoms with Crippen LogP contribution in [0.1, 0.15) is 38.5 Å². The zero-order valence-electron chi connectivity index (χ0n) is 13.1. The molecule has 0 unspecified atom stereocenters. The van der Waals surface area contributed by atoms with Gasteiger partial charge >= 0.3 is 0 Å². The minimum atomic E-state index is -1.56. The van der Waals surface area contributed by atoms with Gasteiger partial charge in [0.25, 0.3) is 6.08 Å². The predicted octanol–water partition coefficient (Wildman–Crippen LogP) is 5.08. The molecule has 0 aromatic heterocycles. The van der Waals surface area contributed by atoms with Crippen molar-refractivity contribution >= 4 is 0 Å². The fourth-order valence-corrected chi connectivity index (χ4v) is 3.18. The van der Waals surface area contributed by atoms with Crippen LogP contribution in [0, 0.1) is 17.8 Å². The minimum Gasteiger partial charge on any atom is -0.352 e. The number of hydrogen-bond donors (Lipinski definition) is 0. The van der Waals surface area contributed by atoms with Gasteiger partial charge < -0.3 is 9.47 Å². The van der Waals surface area contributed by atoms with Crippen LogP contribution in [-0.4, -0.2) is 19.5 Å². The first kappa shape index (κ1) is 17.4. The number of unbranched alkanes of at least 4 members (excludes halogenated alkanes) is 1. The third kappa shape index (κ3) is 5.65. The molecule has 4 heteroatoms. The topological polar surface area (TPSA) is 18.5 Å². The first-order chi connectivity index (χ1) is 10.7. The number of allylic oxidation sites excluding steroid dienone is 3. The average Bonchev–Trinajstić information content (AvgIpc) is 2.52. The maximum Gasteiger partial charge on any atom is 0.266 e. The van der Waals surface area contributed by atoms with E-state index in [-0.39, 0.29) is 12.2 Å².